The van der Waals surface area contributed by atoms with Crippen molar-refractivity contribution >= 4 is 35.6 Å². The van der Waals surface area contributed by atoms with E-state index >= 15 is 0 Å². The quantitative estimate of drug-likeness (QED) is 0.547. The van der Waals surface area contributed by atoms with E-state index in [4.69, 9.17) is 0 Å². The molecule has 0 aliphatic rings. The molecular weight excluding hydrogens is 251 g/mol. The number of hydrogen-bond donors (Lipinski definition) is 0. The van der Waals surface area contributed by atoms with E-state index in [1.165, 1.54) is 35.4 Å². The third-order valence-corrected chi connectivity index (χ3v) is 4.91. The van der Waals surface area contributed by atoms with Crippen LogP contribution in [0.2, 0.25) is 5.28 Å². The van der Waals surface area contributed by atoms with E-state index in [1.54, 1.807) is 4.43 Å². The van der Waals surface area contributed by atoms with Gasteiger partial charge in [0.1, 0.15) is 0 Å². The minimum atomic E-state index is 0.0238. The highest BCUT2D eigenvalue weighted by molar-refractivity contribution is 9.10. The van der Waals surface area contributed by atoms with Crippen LogP contribution in [0.1, 0.15) is 32.6 Å². The van der Waals surface area contributed by atoms with Crippen LogP contribution in [-0.4, -0.2) is 15.2 Å². The Bertz CT molecular complexity index is 243. The van der Waals surface area contributed by atoms with Gasteiger partial charge in [-0.1, -0.05) is 66.0 Å². The number of rotatable bonds is 6. The van der Waals surface area contributed by atoms with Gasteiger partial charge in [0, 0.05) is 4.47 Å². The van der Waals surface area contributed by atoms with Crippen molar-refractivity contribution in [2.24, 2.45) is 0 Å². The molecule has 0 spiro atoms. The summed E-state index contributed by atoms with van der Waals surface area (Å²) in [6.07, 6.45) is 5.63. The van der Waals surface area contributed by atoms with Crippen molar-refractivity contribution in [3.8, 4) is 0 Å². The van der Waals surface area contributed by atoms with Crippen LogP contribution in [0.3, 0.4) is 0 Å². The molecule has 1 rings (SSSR count). The monoisotopic (exact) mass is 268 g/mol. The molecule has 0 atom stereocenters. The first-order chi connectivity index (χ1) is 6.83. The number of hydrogen-bond acceptors (Lipinski definition) is 0. The van der Waals surface area contributed by atoms with Gasteiger partial charge in [0.25, 0.3) is 15.2 Å². The lowest BCUT2D eigenvalue weighted by molar-refractivity contribution is 0.701. The zero-order chi connectivity index (χ0) is 10.2. The fourth-order valence-corrected chi connectivity index (χ4v) is 3.43. The topological polar surface area (TPSA) is 0 Å². The highest BCUT2D eigenvalue weighted by Gasteiger charge is 1.97. The molecule has 0 amide bonds. The van der Waals surface area contributed by atoms with Gasteiger partial charge in [0.15, 0.2) is 0 Å². The zero-order valence-corrected chi connectivity index (χ0v) is 11.9. The molecule has 76 valence electrons. The highest BCUT2D eigenvalue weighted by Crippen LogP contribution is 2.06. The molecule has 1 aromatic rings. The molecule has 0 unspecified atom stereocenters. The molecule has 0 aromatic heterocycles. The fourth-order valence-electron chi connectivity index (χ4n) is 1.58. The minimum absolute atomic E-state index is 0.0238. The van der Waals surface area contributed by atoms with Gasteiger partial charge in [0.05, 0.1) is 0 Å². The van der Waals surface area contributed by atoms with Gasteiger partial charge in [-0.2, -0.15) is 0 Å². The first-order valence-electron chi connectivity index (χ1n) is 5.57. The summed E-state index contributed by atoms with van der Waals surface area (Å²) in [6.45, 7) is 2.27. The summed E-state index contributed by atoms with van der Waals surface area (Å²) < 4.78 is 2.80. The van der Waals surface area contributed by atoms with Crippen molar-refractivity contribution in [3.63, 3.8) is 0 Å². The summed E-state index contributed by atoms with van der Waals surface area (Å²) in [5, 5.41) is 1.47. The maximum absolute atomic E-state index is 3.46. The van der Waals surface area contributed by atoms with Gasteiger partial charge in [0.2, 0.25) is 0 Å². The maximum atomic E-state index is 3.46. The third kappa shape index (κ3) is 5.20. The zero-order valence-electron chi connectivity index (χ0n) is 8.93. The third-order valence-electron chi connectivity index (χ3n) is 2.48. The second-order valence-corrected chi connectivity index (χ2v) is 6.73. The van der Waals surface area contributed by atoms with Crippen molar-refractivity contribution in [2.75, 3.05) is 0 Å². The Morgan fingerprint density at radius 3 is 2.43 bits per heavy atom. The number of unbranched alkanes of at least 4 members (excludes halogenated alkanes) is 3. The van der Waals surface area contributed by atoms with E-state index < -0.39 is 0 Å². The summed E-state index contributed by atoms with van der Waals surface area (Å²) in [5.41, 5.74) is 0. The molecule has 1 aromatic carbocycles. The van der Waals surface area contributed by atoms with Crippen LogP contribution in [0.5, 0.6) is 0 Å². The SMILES string of the molecule is CCCCC[CH2][AlH][c]1ccc(Br)cc1. The molecule has 0 aliphatic heterocycles. The van der Waals surface area contributed by atoms with Gasteiger partial charge in [-0.15, -0.1) is 4.43 Å². The Morgan fingerprint density at radius 2 is 1.79 bits per heavy atom. The first kappa shape index (κ1) is 12.3. The van der Waals surface area contributed by atoms with Crippen LogP contribution in [0.15, 0.2) is 28.7 Å². The maximum Gasteiger partial charge on any atom is 0.282 e. The number of benzene rings is 1. The van der Waals surface area contributed by atoms with Crippen LogP contribution >= 0.6 is 15.9 Å². The normalized spacial score (nSPS) is 10.1. The van der Waals surface area contributed by atoms with E-state index in [9.17, 15) is 0 Å². The summed E-state index contributed by atoms with van der Waals surface area (Å²) in [4.78, 5) is 0. The van der Waals surface area contributed by atoms with Gasteiger partial charge in [-0.25, -0.2) is 0 Å². The summed E-state index contributed by atoms with van der Waals surface area (Å²) in [7, 11) is 0. The lowest BCUT2D eigenvalue weighted by Gasteiger charge is -1.99. The van der Waals surface area contributed by atoms with Crippen LogP contribution < -0.4 is 4.43 Å². The standard InChI is InChI=1S/C6H4Br.C6H13.Al.H/c7-6-4-2-1-3-5-6;1-3-5-6-4-2;;/h2-5H;1,3-6H2,2H3;;. The average Bonchev–Trinajstić information content (AvgIpc) is 2.21. The Labute approximate surface area is 102 Å². The lowest BCUT2D eigenvalue weighted by Crippen LogP contribution is -2.12. The van der Waals surface area contributed by atoms with E-state index in [0.717, 1.165) is 0 Å². The van der Waals surface area contributed by atoms with Crippen LogP contribution in [-0.2, 0) is 0 Å². The van der Waals surface area contributed by atoms with E-state index in [-0.39, 0.29) is 15.2 Å². The van der Waals surface area contributed by atoms with Crippen LogP contribution in [0.4, 0.5) is 0 Å². The first-order valence-corrected chi connectivity index (χ1v) is 8.07. The molecule has 0 fully saturated rings. The summed E-state index contributed by atoms with van der Waals surface area (Å²) >= 11 is 3.49. The van der Waals surface area contributed by atoms with Crippen LogP contribution in [0.25, 0.3) is 0 Å². The summed E-state index contributed by atoms with van der Waals surface area (Å²) in [5.74, 6) is 0. The highest BCUT2D eigenvalue weighted by atomic mass is 79.9. The van der Waals surface area contributed by atoms with Crippen molar-refractivity contribution in [1.29, 1.82) is 0 Å². The van der Waals surface area contributed by atoms with E-state index in [1.807, 2.05) is 0 Å². The molecule has 0 saturated heterocycles. The Kier molecular flexibility index (Phi) is 6.60. The molecule has 14 heavy (non-hydrogen) atoms. The van der Waals surface area contributed by atoms with Crippen molar-refractivity contribution in [3.05, 3.63) is 28.7 Å². The Hall–Kier alpha value is 0.232. The Morgan fingerprint density at radius 1 is 1.07 bits per heavy atom. The van der Waals surface area contributed by atoms with Crippen molar-refractivity contribution in [2.45, 2.75) is 37.9 Å². The fraction of sp³-hybridized carbons (Fsp3) is 0.500. The van der Waals surface area contributed by atoms with Crippen LogP contribution in [0, 0.1) is 0 Å². The van der Waals surface area contributed by atoms with Gasteiger partial charge in [-0.05, 0) is 12.1 Å². The molecular formula is C12H18AlBr. The molecule has 0 bridgehead atoms. The number of halogens is 1. The molecule has 2 heteroatoms. The largest absolute Gasteiger partial charge is 0.282 e. The van der Waals surface area contributed by atoms with Crippen molar-refractivity contribution < 1.29 is 0 Å². The molecule has 0 heterocycles. The molecule has 0 saturated carbocycles. The molecule has 0 nitrogen and oxygen atoms in total. The smallest absolute Gasteiger partial charge is 0.116 e. The predicted molar refractivity (Wildman–Crippen MR) is 69.9 cm³/mol. The van der Waals surface area contributed by atoms with Gasteiger partial charge in [-0.3, -0.25) is 0 Å². The van der Waals surface area contributed by atoms with Gasteiger partial charge < -0.3 is 0 Å². The second kappa shape index (κ2) is 7.51. The minimum Gasteiger partial charge on any atom is -0.116 e. The molecule has 0 radical (unpaired) electrons. The van der Waals surface area contributed by atoms with Gasteiger partial charge >= 0.3 is 0 Å². The summed E-state index contributed by atoms with van der Waals surface area (Å²) in [6, 6.07) is 8.87. The van der Waals surface area contributed by atoms with Crippen molar-refractivity contribution in [1.82, 2.24) is 0 Å². The predicted octanol–water partition coefficient (Wildman–Crippen LogP) is 3.51. The average molecular weight is 269 g/mol. The van der Waals surface area contributed by atoms with E-state index in [2.05, 4.69) is 47.1 Å². The lowest BCUT2D eigenvalue weighted by atomic mass is 10.2. The molecule has 0 aliphatic carbocycles. The second-order valence-electron chi connectivity index (χ2n) is 3.79. The van der Waals surface area contributed by atoms with E-state index in [0.29, 0.717) is 0 Å². The molecule has 0 N–H and O–H groups in total. The Balaban J connectivity index is 2.15.